The second-order valence-electron chi connectivity index (χ2n) is 2.59. The van der Waals surface area contributed by atoms with Crippen molar-refractivity contribution < 1.29 is 9.59 Å². The molecule has 0 atom stereocenters. The van der Waals surface area contributed by atoms with E-state index in [4.69, 9.17) is 23.2 Å². The van der Waals surface area contributed by atoms with Gasteiger partial charge in [-0.15, -0.1) is 0 Å². The van der Waals surface area contributed by atoms with Gasteiger partial charge in [-0.3, -0.25) is 14.9 Å². The molecule has 3 nitrogen and oxygen atoms in total. The Morgan fingerprint density at radius 2 is 1.77 bits per heavy atom. The van der Waals surface area contributed by atoms with Gasteiger partial charge in [-0.2, -0.15) is 0 Å². The highest BCUT2D eigenvalue weighted by Crippen LogP contribution is 2.28. The molecule has 66 valence electrons. The van der Waals surface area contributed by atoms with E-state index in [2.05, 4.69) is 5.32 Å². The Morgan fingerprint density at radius 3 is 2.46 bits per heavy atom. The summed E-state index contributed by atoms with van der Waals surface area (Å²) in [6.45, 7) is 0. The molecule has 5 heteroatoms. The zero-order valence-electron chi connectivity index (χ0n) is 6.23. The number of amides is 2. The molecule has 0 fully saturated rings. The van der Waals surface area contributed by atoms with Gasteiger partial charge in [0.15, 0.2) is 0 Å². The number of rotatable bonds is 0. The number of halogens is 2. The predicted octanol–water partition coefficient (Wildman–Crippen LogP) is 1.88. The van der Waals surface area contributed by atoms with Gasteiger partial charge in [-0.05, 0) is 12.1 Å². The fourth-order valence-corrected chi connectivity index (χ4v) is 1.80. The number of hydrogen-bond donors (Lipinski definition) is 1. The molecule has 0 aromatic heterocycles. The number of hydrogen-bond acceptors (Lipinski definition) is 2. The maximum atomic E-state index is 11.1. The van der Waals surface area contributed by atoms with Gasteiger partial charge in [0.2, 0.25) is 0 Å². The van der Waals surface area contributed by atoms with Crippen molar-refractivity contribution in [3.05, 3.63) is 33.3 Å². The standard InChI is InChI=1S/C8H3Cl2NO2/c9-3-1-4-6(5(10)2-3)8(13)11-7(4)12/h1-2H,(H,11,12,13). The highest BCUT2D eigenvalue weighted by Gasteiger charge is 2.29. The zero-order chi connectivity index (χ0) is 9.59. The van der Waals surface area contributed by atoms with Crippen LogP contribution in [0.1, 0.15) is 20.7 Å². The lowest BCUT2D eigenvalue weighted by Crippen LogP contribution is -2.19. The first-order valence-corrected chi connectivity index (χ1v) is 4.20. The predicted molar refractivity (Wildman–Crippen MR) is 48.3 cm³/mol. The highest BCUT2D eigenvalue weighted by atomic mass is 35.5. The first-order valence-electron chi connectivity index (χ1n) is 3.44. The molecule has 1 aromatic rings. The summed E-state index contributed by atoms with van der Waals surface area (Å²) in [4.78, 5) is 22.3. The van der Waals surface area contributed by atoms with Crippen molar-refractivity contribution in [2.24, 2.45) is 0 Å². The summed E-state index contributed by atoms with van der Waals surface area (Å²) in [5.41, 5.74) is 0.443. The maximum Gasteiger partial charge on any atom is 0.260 e. The monoisotopic (exact) mass is 215 g/mol. The molecular weight excluding hydrogens is 213 g/mol. The van der Waals surface area contributed by atoms with Crippen molar-refractivity contribution in [2.75, 3.05) is 0 Å². The smallest absolute Gasteiger partial charge is 0.260 e. The molecule has 0 bridgehead atoms. The molecule has 2 rings (SSSR count). The zero-order valence-corrected chi connectivity index (χ0v) is 7.74. The highest BCUT2D eigenvalue weighted by molar-refractivity contribution is 6.39. The van der Waals surface area contributed by atoms with Gasteiger partial charge in [0.1, 0.15) is 0 Å². The lowest BCUT2D eigenvalue weighted by Gasteiger charge is -1.97. The topological polar surface area (TPSA) is 46.2 Å². The van der Waals surface area contributed by atoms with E-state index >= 15 is 0 Å². The van der Waals surface area contributed by atoms with Crippen LogP contribution in [0.4, 0.5) is 0 Å². The van der Waals surface area contributed by atoms with Gasteiger partial charge in [0, 0.05) is 5.02 Å². The Labute approximate surface area is 83.6 Å². The van der Waals surface area contributed by atoms with E-state index in [0.717, 1.165) is 0 Å². The molecule has 0 spiro atoms. The van der Waals surface area contributed by atoms with E-state index in [0.29, 0.717) is 5.02 Å². The van der Waals surface area contributed by atoms with E-state index in [1.165, 1.54) is 12.1 Å². The van der Waals surface area contributed by atoms with Crippen LogP contribution in [0, 0.1) is 0 Å². The first kappa shape index (κ1) is 8.53. The van der Waals surface area contributed by atoms with E-state index in [1.807, 2.05) is 0 Å². The minimum atomic E-state index is -0.471. The quantitative estimate of drug-likeness (QED) is 0.673. The van der Waals surface area contributed by atoms with Crippen LogP contribution in [0.15, 0.2) is 12.1 Å². The minimum Gasteiger partial charge on any atom is -0.288 e. The van der Waals surface area contributed by atoms with E-state index < -0.39 is 11.8 Å². The molecule has 1 N–H and O–H groups in total. The van der Waals surface area contributed by atoms with Gasteiger partial charge in [0.05, 0.1) is 16.1 Å². The lowest BCUT2D eigenvalue weighted by molar-refractivity contribution is 0.0879. The molecule has 0 saturated carbocycles. The Hall–Kier alpha value is -1.06. The summed E-state index contributed by atoms with van der Waals surface area (Å²) in [7, 11) is 0. The van der Waals surface area contributed by atoms with Crippen molar-refractivity contribution in [1.82, 2.24) is 5.32 Å². The molecule has 0 saturated heterocycles. The van der Waals surface area contributed by atoms with Crippen molar-refractivity contribution in [3.63, 3.8) is 0 Å². The van der Waals surface area contributed by atoms with Gasteiger partial charge in [0.25, 0.3) is 11.8 Å². The van der Waals surface area contributed by atoms with E-state index in [-0.39, 0.29) is 16.1 Å². The van der Waals surface area contributed by atoms with E-state index in [9.17, 15) is 9.59 Å². The molecule has 2 amide bonds. The number of benzene rings is 1. The second kappa shape index (κ2) is 2.72. The molecular formula is C8H3Cl2NO2. The number of fused-ring (bicyclic) bond motifs is 1. The number of nitrogens with one attached hydrogen (secondary N) is 1. The molecule has 13 heavy (non-hydrogen) atoms. The maximum absolute atomic E-state index is 11.1. The molecule has 1 heterocycles. The van der Waals surface area contributed by atoms with Gasteiger partial charge in [-0.1, -0.05) is 23.2 Å². The van der Waals surface area contributed by atoms with Crippen LogP contribution in [0.5, 0.6) is 0 Å². The summed E-state index contributed by atoms with van der Waals surface area (Å²) in [6.07, 6.45) is 0. The molecule has 1 aromatic carbocycles. The van der Waals surface area contributed by atoms with Crippen molar-refractivity contribution >= 4 is 35.0 Å². The lowest BCUT2D eigenvalue weighted by atomic mass is 10.1. The molecule has 0 aliphatic carbocycles. The third-order valence-corrected chi connectivity index (χ3v) is 2.27. The Bertz CT molecular complexity index is 428. The summed E-state index contributed by atoms with van der Waals surface area (Å²) in [6, 6.07) is 2.85. The van der Waals surface area contributed by atoms with E-state index in [1.54, 1.807) is 0 Å². The Morgan fingerprint density at radius 1 is 1.08 bits per heavy atom. The summed E-state index contributed by atoms with van der Waals surface area (Å²) in [5.74, 6) is -0.925. The average molecular weight is 216 g/mol. The van der Waals surface area contributed by atoms with Crippen molar-refractivity contribution in [2.45, 2.75) is 0 Å². The van der Waals surface area contributed by atoms with Crippen LogP contribution >= 0.6 is 23.2 Å². The van der Waals surface area contributed by atoms with Crippen LogP contribution in [0.25, 0.3) is 0 Å². The summed E-state index contributed by atoms with van der Waals surface area (Å²) < 4.78 is 0. The second-order valence-corrected chi connectivity index (χ2v) is 3.44. The largest absolute Gasteiger partial charge is 0.288 e. The Balaban J connectivity index is 2.77. The van der Waals surface area contributed by atoms with Crippen molar-refractivity contribution in [3.8, 4) is 0 Å². The third-order valence-electron chi connectivity index (χ3n) is 1.75. The number of carbonyl (C=O) groups excluding carboxylic acids is 2. The van der Waals surface area contributed by atoms with Gasteiger partial charge < -0.3 is 0 Å². The summed E-state index contributed by atoms with van der Waals surface area (Å²) in [5, 5.41) is 2.67. The molecule has 0 radical (unpaired) electrons. The summed E-state index contributed by atoms with van der Waals surface area (Å²) >= 11 is 11.4. The van der Waals surface area contributed by atoms with Crippen LogP contribution in [-0.4, -0.2) is 11.8 Å². The number of imide groups is 1. The normalized spacial score (nSPS) is 14.3. The van der Waals surface area contributed by atoms with Crippen molar-refractivity contribution in [1.29, 1.82) is 0 Å². The fourth-order valence-electron chi connectivity index (χ4n) is 1.22. The van der Waals surface area contributed by atoms with Gasteiger partial charge >= 0.3 is 0 Å². The number of carbonyl (C=O) groups is 2. The van der Waals surface area contributed by atoms with Gasteiger partial charge in [-0.25, -0.2) is 0 Å². The molecule has 1 aliphatic heterocycles. The Kier molecular flexibility index (Phi) is 1.78. The third kappa shape index (κ3) is 1.20. The van der Waals surface area contributed by atoms with Crippen LogP contribution in [0.3, 0.4) is 0 Å². The van der Waals surface area contributed by atoms with Crippen LogP contribution in [-0.2, 0) is 0 Å². The average Bonchev–Trinajstić information content (AvgIpc) is 2.27. The fraction of sp³-hybridized carbons (Fsp3) is 0. The first-order chi connectivity index (χ1) is 6.09. The SMILES string of the molecule is O=C1NC(=O)c2c(Cl)cc(Cl)cc21. The molecule has 0 unspecified atom stereocenters. The minimum absolute atomic E-state index is 0.200. The van der Waals surface area contributed by atoms with Crippen LogP contribution < -0.4 is 5.32 Å². The van der Waals surface area contributed by atoms with Crippen LogP contribution in [0.2, 0.25) is 10.0 Å². The molecule has 1 aliphatic rings.